The van der Waals surface area contributed by atoms with E-state index in [4.69, 9.17) is 11.6 Å². The quantitative estimate of drug-likeness (QED) is 0.887. The van der Waals surface area contributed by atoms with Gasteiger partial charge in [0, 0.05) is 56.0 Å². The summed E-state index contributed by atoms with van der Waals surface area (Å²) in [7, 11) is 0. The van der Waals surface area contributed by atoms with Crippen molar-refractivity contribution in [3.63, 3.8) is 0 Å². The van der Waals surface area contributed by atoms with Crippen molar-refractivity contribution in [1.82, 2.24) is 15.1 Å². The highest BCUT2D eigenvalue weighted by Gasteiger charge is 2.31. The first-order valence-corrected chi connectivity index (χ1v) is 7.35. The molecule has 1 aromatic carbocycles. The second-order valence-electron chi connectivity index (χ2n) is 5.33. The molecule has 4 rings (SSSR count). The minimum atomic E-state index is -0.162. The van der Waals surface area contributed by atoms with Crippen molar-refractivity contribution in [2.24, 2.45) is 0 Å². The summed E-state index contributed by atoms with van der Waals surface area (Å²) in [5.41, 5.74) is 0.751. The number of nitrogens with one attached hydrogen (secondary N) is 2. The monoisotopic (exact) mass is 294 g/mol. The Morgan fingerprint density at radius 1 is 1.20 bits per heavy atom. The summed E-state index contributed by atoms with van der Waals surface area (Å²) in [6.07, 6.45) is 0. The average Bonchev–Trinajstić information content (AvgIpc) is 2.49. The minimum Gasteiger partial charge on any atom is -0.336 e. The number of carbonyl (C=O) groups excluding carboxylic acids is 1. The zero-order valence-electron chi connectivity index (χ0n) is 11.3. The van der Waals surface area contributed by atoms with Gasteiger partial charge >= 0.3 is 6.03 Å². The number of amides is 2. The van der Waals surface area contributed by atoms with Gasteiger partial charge in [0.25, 0.3) is 0 Å². The van der Waals surface area contributed by atoms with Gasteiger partial charge < -0.3 is 10.6 Å². The number of fused-ring (bicyclic) bond motifs is 3. The molecule has 2 bridgehead atoms. The minimum absolute atomic E-state index is 0.162. The van der Waals surface area contributed by atoms with Crippen LogP contribution in [0, 0.1) is 0 Å². The van der Waals surface area contributed by atoms with Gasteiger partial charge in [-0.3, -0.25) is 9.80 Å². The smallest absolute Gasteiger partial charge is 0.319 e. The lowest BCUT2D eigenvalue weighted by Crippen LogP contribution is -2.63. The van der Waals surface area contributed by atoms with Crippen LogP contribution in [-0.2, 0) is 0 Å². The number of nitrogens with zero attached hydrogens (tertiary/aromatic N) is 2. The van der Waals surface area contributed by atoms with Gasteiger partial charge in [0.05, 0.1) is 0 Å². The van der Waals surface area contributed by atoms with E-state index >= 15 is 0 Å². The third-order valence-electron chi connectivity index (χ3n) is 3.99. The molecule has 0 saturated carbocycles. The number of anilines is 1. The molecule has 2 N–H and O–H groups in total. The Labute approximate surface area is 123 Å². The van der Waals surface area contributed by atoms with Gasteiger partial charge in [-0.2, -0.15) is 0 Å². The summed E-state index contributed by atoms with van der Waals surface area (Å²) < 4.78 is 0. The van der Waals surface area contributed by atoms with Crippen molar-refractivity contribution < 1.29 is 4.79 Å². The Morgan fingerprint density at radius 3 is 2.50 bits per heavy atom. The molecule has 3 aliphatic heterocycles. The summed E-state index contributed by atoms with van der Waals surface area (Å²) in [5.74, 6) is 0. The lowest BCUT2D eigenvalue weighted by atomic mass is 10.1. The maximum Gasteiger partial charge on any atom is 0.319 e. The number of rotatable bonds is 3. The highest BCUT2D eigenvalue weighted by Crippen LogP contribution is 2.15. The first-order valence-electron chi connectivity index (χ1n) is 6.97. The largest absolute Gasteiger partial charge is 0.336 e. The number of hydrogen-bond acceptors (Lipinski definition) is 3. The van der Waals surface area contributed by atoms with Crippen molar-refractivity contribution in [3.05, 3.63) is 29.3 Å². The fourth-order valence-electron chi connectivity index (χ4n) is 2.84. The second kappa shape index (κ2) is 5.99. The number of piperazine rings is 3. The van der Waals surface area contributed by atoms with E-state index in [9.17, 15) is 4.79 Å². The van der Waals surface area contributed by atoms with Gasteiger partial charge in [-0.05, 0) is 24.3 Å². The molecule has 0 radical (unpaired) electrons. The molecule has 5 nitrogen and oxygen atoms in total. The van der Waals surface area contributed by atoms with Crippen molar-refractivity contribution >= 4 is 23.3 Å². The van der Waals surface area contributed by atoms with Crippen LogP contribution in [0.3, 0.4) is 0 Å². The first kappa shape index (κ1) is 13.7. The fourth-order valence-corrected chi connectivity index (χ4v) is 2.96. The van der Waals surface area contributed by atoms with E-state index in [2.05, 4.69) is 20.4 Å². The zero-order chi connectivity index (χ0) is 13.9. The summed E-state index contributed by atoms with van der Waals surface area (Å²) in [6, 6.07) is 7.38. The molecular weight excluding hydrogens is 276 g/mol. The zero-order valence-corrected chi connectivity index (χ0v) is 12.1. The molecule has 1 atom stereocenters. The highest BCUT2D eigenvalue weighted by molar-refractivity contribution is 6.30. The molecule has 6 heteroatoms. The van der Waals surface area contributed by atoms with Crippen LogP contribution >= 0.6 is 11.6 Å². The number of hydrogen-bond donors (Lipinski definition) is 2. The normalized spacial score (nSPS) is 28.1. The molecule has 108 valence electrons. The van der Waals surface area contributed by atoms with E-state index in [-0.39, 0.29) is 6.03 Å². The average molecular weight is 295 g/mol. The van der Waals surface area contributed by atoms with Crippen LogP contribution in [-0.4, -0.2) is 61.1 Å². The van der Waals surface area contributed by atoms with Gasteiger partial charge in [-0.25, -0.2) is 4.79 Å². The van der Waals surface area contributed by atoms with Crippen LogP contribution in [0.4, 0.5) is 10.5 Å². The standard InChI is InChI=1S/C14H19ClN4O/c15-11-1-3-12(4-2-11)17-14(20)16-9-13-10-18-5-7-19(13)8-6-18/h1-4,13H,5-10H2,(H2,16,17,20). The molecule has 2 amide bonds. The lowest BCUT2D eigenvalue weighted by molar-refractivity contribution is 0.0149. The number of halogens is 1. The van der Waals surface area contributed by atoms with Crippen LogP contribution in [0.15, 0.2) is 24.3 Å². The Kier molecular flexibility index (Phi) is 4.10. The van der Waals surface area contributed by atoms with E-state index in [0.717, 1.165) is 38.4 Å². The molecule has 1 aromatic rings. The molecule has 3 aliphatic rings. The van der Waals surface area contributed by atoms with Crippen LogP contribution in [0.2, 0.25) is 5.02 Å². The van der Waals surface area contributed by atoms with Crippen LogP contribution in [0.5, 0.6) is 0 Å². The van der Waals surface area contributed by atoms with Crippen molar-refractivity contribution in [2.45, 2.75) is 6.04 Å². The molecule has 3 saturated heterocycles. The van der Waals surface area contributed by atoms with E-state index < -0.39 is 0 Å². The number of benzene rings is 1. The SMILES string of the molecule is O=C(NCC1CN2CCN1CC2)Nc1ccc(Cl)cc1. The Bertz CT molecular complexity index is 471. The van der Waals surface area contributed by atoms with Gasteiger partial charge in [-0.1, -0.05) is 11.6 Å². The van der Waals surface area contributed by atoms with Gasteiger partial charge in [0.1, 0.15) is 0 Å². The van der Waals surface area contributed by atoms with E-state index in [0.29, 0.717) is 17.6 Å². The Hall–Kier alpha value is -1.30. The third-order valence-corrected chi connectivity index (χ3v) is 4.24. The highest BCUT2D eigenvalue weighted by atomic mass is 35.5. The van der Waals surface area contributed by atoms with Gasteiger partial charge in [0.2, 0.25) is 0 Å². The predicted octanol–water partition coefficient (Wildman–Crippen LogP) is 1.46. The van der Waals surface area contributed by atoms with E-state index in [1.165, 1.54) is 0 Å². The van der Waals surface area contributed by atoms with Crippen molar-refractivity contribution in [2.75, 3.05) is 44.6 Å². The van der Waals surface area contributed by atoms with Crippen LogP contribution < -0.4 is 10.6 Å². The van der Waals surface area contributed by atoms with Crippen LogP contribution in [0.25, 0.3) is 0 Å². The Morgan fingerprint density at radius 2 is 1.90 bits per heavy atom. The summed E-state index contributed by atoms with van der Waals surface area (Å²) in [5, 5.41) is 6.42. The number of urea groups is 1. The summed E-state index contributed by atoms with van der Waals surface area (Å²) in [6.45, 7) is 6.30. The maximum atomic E-state index is 11.9. The molecule has 20 heavy (non-hydrogen) atoms. The third kappa shape index (κ3) is 3.23. The first-order chi connectivity index (χ1) is 9.70. The molecule has 3 fully saturated rings. The molecule has 0 aromatic heterocycles. The van der Waals surface area contributed by atoms with Crippen molar-refractivity contribution in [3.8, 4) is 0 Å². The topological polar surface area (TPSA) is 47.6 Å². The van der Waals surface area contributed by atoms with Crippen LogP contribution in [0.1, 0.15) is 0 Å². The fraction of sp³-hybridized carbons (Fsp3) is 0.500. The predicted molar refractivity (Wildman–Crippen MR) is 80.3 cm³/mol. The summed E-state index contributed by atoms with van der Waals surface area (Å²) in [4.78, 5) is 16.8. The Balaban J connectivity index is 1.46. The molecule has 3 heterocycles. The second-order valence-corrected chi connectivity index (χ2v) is 5.77. The maximum absolute atomic E-state index is 11.9. The van der Waals surface area contributed by atoms with E-state index in [1.54, 1.807) is 24.3 Å². The van der Waals surface area contributed by atoms with E-state index in [1.807, 2.05) is 0 Å². The molecule has 0 aliphatic carbocycles. The number of carbonyl (C=O) groups is 1. The lowest BCUT2D eigenvalue weighted by Gasteiger charge is -2.47. The molecule has 1 unspecified atom stereocenters. The molecular formula is C14H19ClN4O. The molecule has 0 spiro atoms. The van der Waals surface area contributed by atoms with Crippen molar-refractivity contribution in [1.29, 1.82) is 0 Å². The van der Waals surface area contributed by atoms with Gasteiger partial charge in [0.15, 0.2) is 0 Å². The summed E-state index contributed by atoms with van der Waals surface area (Å²) >= 11 is 5.81. The van der Waals surface area contributed by atoms with Gasteiger partial charge in [-0.15, -0.1) is 0 Å².